The summed E-state index contributed by atoms with van der Waals surface area (Å²) >= 11 is 0. The van der Waals surface area contributed by atoms with E-state index in [-0.39, 0.29) is 0 Å². The van der Waals surface area contributed by atoms with Gasteiger partial charge in [0.05, 0.1) is 11.2 Å². The maximum absolute atomic E-state index is 5.24. The van der Waals surface area contributed by atoms with Gasteiger partial charge in [0.2, 0.25) is 0 Å². The van der Waals surface area contributed by atoms with Crippen LogP contribution in [0.4, 0.5) is 0 Å². The molecule has 224 valence electrons. The SMILES string of the molecule is c1ccc(-c2nc(-c3cccc(-c4cccc(-c5cccc(-c6ccc7ccccc7c6)c5)c4)c3)nc3ccc4ccccc4c23)cc1. The zero-order valence-electron chi connectivity index (χ0n) is 26.2. The van der Waals surface area contributed by atoms with Gasteiger partial charge in [-0.15, -0.1) is 0 Å². The van der Waals surface area contributed by atoms with Gasteiger partial charge in [0, 0.05) is 16.5 Å². The minimum Gasteiger partial charge on any atom is -0.228 e. The molecule has 0 fully saturated rings. The van der Waals surface area contributed by atoms with E-state index < -0.39 is 0 Å². The van der Waals surface area contributed by atoms with Crippen LogP contribution in [-0.2, 0) is 0 Å². The van der Waals surface area contributed by atoms with Gasteiger partial charge in [-0.1, -0.05) is 152 Å². The molecule has 0 unspecified atom stereocenters. The summed E-state index contributed by atoms with van der Waals surface area (Å²) in [5, 5.41) is 5.94. The molecule has 0 aliphatic carbocycles. The summed E-state index contributed by atoms with van der Waals surface area (Å²) in [6.07, 6.45) is 0. The summed E-state index contributed by atoms with van der Waals surface area (Å²) in [5.74, 6) is 0.720. The number of fused-ring (bicyclic) bond motifs is 4. The number of aromatic nitrogens is 2. The first-order valence-corrected chi connectivity index (χ1v) is 16.3. The average molecular weight is 611 g/mol. The van der Waals surface area contributed by atoms with Gasteiger partial charge in [-0.2, -0.15) is 0 Å². The lowest BCUT2D eigenvalue weighted by atomic mass is 9.95. The summed E-state index contributed by atoms with van der Waals surface area (Å²) in [6, 6.07) is 64.6. The van der Waals surface area contributed by atoms with E-state index in [0.717, 1.165) is 50.1 Å². The smallest absolute Gasteiger partial charge is 0.160 e. The maximum Gasteiger partial charge on any atom is 0.160 e. The van der Waals surface area contributed by atoms with Crippen LogP contribution in [0.3, 0.4) is 0 Å². The monoisotopic (exact) mass is 610 g/mol. The third-order valence-corrected chi connectivity index (χ3v) is 9.23. The van der Waals surface area contributed by atoms with Crippen molar-refractivity contribution in [1.29, 1.82) is 0 Å². The van der Waals surface area contributed by atoms with E-state index >= 15 is 0 Å². The Balaban J connectivity index is 1.11. The molecule has 0 bridgehead atoms. The first-order valence-electron chi connectivity index (χ1n) is 16.3. The predicted molar refractivity (Wildman–Crippen MR) is 202 cm³/mol. The van der Waals surface area contributed by atoms with Crippen LogP contribution < -0.4 is 0 Å². The van der Waals surface area contributed by atoms with Gasteiger partial charge in [-0.25, -0.2) is 9.97 Å². The molecular weight excluding hydrogens is 581 g/mol. The fourth-order valence-electron chi connectivity index (χ4n) is 6.80. The largest absolute Gasteiger partial charge is 0.228 e. The highest BCUT2D eigenvalue weighted by Crippen LogP contribution is 2.36. The number of rotatable bonds is 5. The number of hydrogen-bond donors (Lipinski definition) is 0. The van der Waals surface area contributed by atoms with Crippen molar-refractivity contribution in [1.82, 2.24) is 9.97 Å². The molecule has 0 spiro atoms. The Morgan fingerprint density at radius 1 is 0.292 bits per heavy atom. The van der Waals surface area contributed by atoms with Gasteiger partial charge in [0.15, 0.2) is 5.82 Å². The minimum absolute atomic E-state index is 0.720. The van der Waals surface area contributed by atoms with E-state index in [1.807, 2.05) is 6.07 Å². The van der Waals surface area contributed by atoms with Gasteiger partial charge in [0.25, 0.3) is 0 Å². The van der Waals surface area contributed by atoms with Crippen molar-refractivity contribution < 1.29 is 0 Å². The van der Waals surface area contributed by atoms with Crippen molar-refractivity contribution in [2.75, 3.05) is 0 Å². The summed E-state index contributed by atoms with van der Waals surface area (Å²) in [6.45, 7) is 0. The zero-order chi connectivity index (χ0) is 31.9. The second kappa shape index (κ2) is 11.8. The van der Waals surface area contributed by atoms with E-state index in [1.165, 1.54) is 38.4 Å². The van der Waals surface area contributed by atoms with Crippen LogP contribution in [0.5, 0.6) is 0 Å². The van der Waals surface area contributed by atoms with Crippen molar-refractivity contribution in [3.63, 3.8) is 0 Å². The van der Waals surface area contributed by atoms with E-state index in [0.29, 0.717) is 0 Å². The lowest BCUT2D eigenvalue weighted by Crippen LogP contribution is -1.96. The molecule has 0 saturated carbocycles. The highest BCUT2D eigenvalue weighted by atomic mass is 14.9. The molecule has 0 saturated heterocycles. The highest BCUT2D eigenvalue weighted by Gasteiger charge is 2.15. The van der Waals surface area contributed by atoms with Crippen LogP contribution in [0.1, 0.15) is 0 Å². The van der Waals surface area contributed by atoms with Crippen molar-refractivity contribution in [2.24, 2.45) is 0 Å². The molecular formula is C46H30N2. The summed E-state index contributed by atoms with van der Waals surface area (Å²) < 4.78 is 0. The Morgan fingerprint density at radius 3 is 1.48 bits per heavy atom. The average Bonchev–Trinajstić information content (AvgIpc) is 3.17. The maximum atomic E-state index is 5.24. The molecule has 2 nitrogen and oxygen atoms in total. The third kappa shape index (κ3) is 5.10. The summed E-state index contributed by atoms with van der Waals surface area (Å²) in [5.41, 5.74) is 11.0. The number of benzene rings is 8. The van der Waals surface area contributed by atoms with Gasteiger partial charge in [-0.05, 0) is 85.3 Å². The molecule has 1 aromatic heterocycles. The van der Waals surface area contributed by atoms with Crippen LogP contribution in [0, 0.1) is 0 Å². The highest BCUT2D eigenvalue weighted by molar-refractivity contribution is 6.12. The lowest BCUT2D eigenvalue weighted by molar-refractivity contribution is 1.23. The molecule has 0 N–H and O–H groups in total. The fraction of sp³-hybridized carbons (Fsp3) is 0. The van der Waals surface area contributed by atoms with E-state index in [1.54, 1.807) is 0 Å². The predicted octanol–water partition coefficient (Wildman–Crippen LogP) is 12.3. The van der Waals surface area contributed by atoms with E-state index in [4.69, 9.17) is 9.97 Å². The number of hydrogen-bond acceptors (Lipinski definition) is 2. The Hall–Kier alpha value is -6.38. The standard InChI is InChI=1S/C46H30N2/c1-2-13-33(14-3-1)45-44-42-22-7-6-12-32(42)25-26-43(44)47-46(48-45)41-21-10-20-39(30-41)37-18-8-16-35(28-37)36-17-9-19-38(29-36)40-24-23-31-11-4-5-15-34(31)27-40/h1-30H. The Labute approximate surface area is 279 Å². The minimum atomic E-state index is 0.720. The zero-order valence-corrected chi connectivity index (χ0v) is 26.2. The molecule has 0 radical (unpaired) electrons. The van der Waals surface area contributed by atoms with Crippen LogP contribution in [0.15, 0.2) is 182 Å². The first-order chi connectivity index (χ1) is 23.8. The molecule has 2 heteroatoms. The lowest BCUT2D eigenvalue weighted by Gasteiger charge is -2.13. The fourth-order valence-corrected chi connectivity index (χ4v) is 6.80. The van der Waals surface area contributed by atoms with Gasteiger partial charge in [0.1, 0.15) is 0 Å². The normalized spacial score (nSPS) is 11.3. The second-order valence-electron chi connectivity index (χ2n) is 12.2. The van der Waals surface area contributed by atoms with Crippen molar-refractivity contribution >= 4 is 32.4 Å². The Morgan fingerprint density at radius 2 is 0.792 bits per heavy atom. The van der Waals surface area contributed by atoms with Crippen molar-refractivity contribution in [2.45, 2.75) is 0 Å². The molecule has 0 aliphatic rings. The van der Waals surface area contributed by atoms with Crippen molar-refractivity contribution in [3.8, 4) is 56.0 Å². The van der Waals surface area contributed by atoms with Crippen LogP contribution in [0.2, 0.25) is 0 Å². The molecule has 9 aromatic rings. The van der Waals surface area contributed by atoms with Gasteiger partial charge in [-0.3, -0.25) is 0 Å². The molecule has 0 aliphatic heterocycles. The first kappa shape index (κ1) is 27.9. The Bertz CT molecular complexity index is 2620. The van der Waals surface area contributed by atoms with Gasteiger partial charge < -0.3 is 0 Å². The topological polar surface area (TPSA) is 25.8 Å². The van der Waals surface area contributed by atoms with Gasteiger partial charge >= 0.3 is 0 Å². The molecule has 9 rings (SSSR count). The molecule has 0 amide bonds. The van der Waals surface area contributed by atoms with Crippen molar-refractivity contribution in [3.05, 3.63) is 182 Å². The molecule has 8 aromatic carbocycles. The second-order valence-corrected chi connectivity index (χ2v) is 12.2. The molecule has 1 heterocycles. The van der Waals surface area contributed by atoms with Crippen LogP contribution >= 0.6 is 0 Å². The van der Waals surface area contributed by atoms with E-state index in [2.05, 4.69) is 176 Å². The van der Waals surface area contributed by atoms with Crippen LogP contribution in [-0.4, -0.2) is 9.97 Å². The summed E-state index contributed by atoms with van der Waals surface area (Å²) in [4.78, 5) is 10.4. The third-order valence-electron chi connectivity index (χ3n) is 9.23. The molecule has 48 heavy (non-hydrogen) atoms. The Kier molecular flexibility index (Phi) is 6.84. The molecule has 0 atom stereocenters. The van der Waals surface area contributed by atoms with Crippen LogP contribution in [0.25, 0.3) is 88.5 Å². The quantitative estimate of drug-likeness (QED) is 0.181. The summed E-state index contributed by atoms with van der Waals surface area (Å²) in [7, 11) is 0. The van der Waals surface area contributed by atoms with E-state index in [9.17, 15) is 0 Å². The number of nitrogens with zero attached hydrogens (tertiary/aromatic N) is 2.